The van der Waals surface area contributed by atoms with E-state index in [1.807, 2.05) is 38.4 Å². The Balaban J connectivity index is 1.01. The smallest absolute Gasteiger partial charge is 0.314 e. The van der Waals surface area contributed by atoms with Gasteiger partial charge in [-0.15, -0.1) is 0 Å². The number of guanidine groups is 1. The van der Waals surface area contributed by atoms with Crippen LogP contribution in [-0.4, -0.2) is 164 Å². The molecule has 0 radical (unpaired) electrons. The van der Waals surface area contributed by atoms with E-state index in [0.717, 1.165) is 49.4 Å². The number of nitrogens with two attached hydrogens (primary N) is 1. The number of benzene rings is 2. The summed E-state index contributed by atoms with van der Waals surface area (Å²) >= 11 is 6.32. The van der Waals surface area contributed by atoms with E-state index in [1.165, 1.54) is 0 Å². The number of anilines is 2. The van der Waals surface area contributed by atoms with E-state index >= 15 is 0 Å². The minimum absolute atomic E-state index is 0.0389. The standard InChI is InChI=1S/C36H54ClN11O6/c1-46(2)26-32(49)40-8-16-51-20-21-52-17-9-41-36(50)42-10-18-53-22-23-54-19-15-47-11-13-48(14-12-47)29-5-3-4-27(24-29)33-30-25-28(37)6-7-31(30)43-35(44-33)45-34(38)39/h3-7,24-25H,8-23,26H2,1-2H3,(H,40,49)(H2,41,42,50)(H4,38,39,43,44,45). The molecule has 1 aromatic heterocycles. The van der Waals surface area contributed by atoms with Crippen LogP contribution in [0.5, 0.6) is 0 Å². The molecule has 0 bridgehead atoms. The summed E-state index contributed by atoms with van der Waals surface area (Å²) in [6.07, 6.45) is 0. The molecule has 2 heterocycles. The van der Waals surface area contributed by atoms with Crippen LogP contribution in [0.3, 0.4) is 0 Å². The fraction of sp³-hybridized carbons (Fsp3) is 0.528. The van der Waals surface area contributed by atoms with Crippen molar-refractivity contribution in [2.75, 3.05) is 136 Å². The number of ether oxygens (including phenoxy) is 4. The molecule has 0 aliphatic carbocycles. The van der Waals surface area contributed by atoms with Crippen LogP contribution in [0.4, 0.5) is 16.4 Å². The number of hydrogen-bond donors (Lipinski definition) is 6. The highest BCUT2D eigenvalue weighted by molar-refractivity contribution is 6.31. The highest BCUT2D eigenvalue weighted by Crippen LogP contribution is 2.32. The lowest BCUT2D eigenvalue weighted by atomic mass is 10.1. The van der Waals surface area contributed by atoms with Crippen LogP contribution >= 0.6 is 11.6 Å². The number of halogens is 1. The summed E-state index contributed by atoms with van der Waals surface area (Å²) in [5, 5.41) is 20.0. The number of fused-ring (bicyclic) bond motifs is 1. The van der Waals surface area contributed by atoms with Gasteiger partial charge in [0, 0.05) is 74.0 Å². The molecular weight excluding hydrogens is 718 g/mol. The fourth-order valence-electron chi connectivity index (χ4n) is 5.56. The first-order valence-corrected chi connectivity index (χ1v) is 18.5. The molecule has 1 fully saturated rings. The number of urea groups is 1. The molecule has 3 aromatic rings. The number of amides is 3. The summed E-state index contributed by atoms with van der Waals surface area (Å²) in [6.45, 7) is 9.54. The summed E-state index contributed by atoms with van der Waals surface area (Å²) in [5.74, 6) is -0.0167. The number of nitrogens with one attached hydrogen (secondary N) is 5. The second-order valence-corrected chi connectivity index (χ2v) is 13.1. The van der Waals surface area contributed by atoms with Gasteiger partial charge in [-0.1, -0.05) is 23.7 Å². The minimum atomic E-state index is -0.280. The molecule has 1 aliphatic rings. The first-order valence-electron chi connectivity index (χ1n) is 18.1. The summed E-state index contributed by atoms with van der Waals surface area (Å²) in [4.78, 5) is 39.2. The molecule has 0 unspecified atom stereocenters. The first-order chi connectivity index (χ1) is 26.2. The Kier molecular flexibility index (Phi) is 18.4. The molecule has 0 spiro atoms. The molecule has 1 saturated heterocycles. The van der Waals surface area contributed by atoms with Gasteiger partial charge < -0.3 is 50.4 Å². The number of hydrogen-bond acceptors (Lipinski definition) is 12. The molecule has 17 nitrogen and oxygen atoms in total. The molecule has 7 N–H and O–H groups in total. The number of likely N-dealkylation sites (N-methyl/N-ethyl adjacent to an activating group) is 1. The zero-order valence-electron chi connectivity index (χ0n) is 31.2. The molecule has 54 heavy (non-hydrogen) atoms. The van der Waals surface area contributed by atoms with Crippen LogP contribution in [0.1, 0.15) is 0 Å². The second-order valence-electron chi connectivity index (χ2n) is 12.7. The van der Waals surface area contributed by atoms with Crippen molar-refractivity contribution in [3.05, 3.63) is 47.5 Å². The highest BCUT2D eigenvalue weighted by Gasteiger charge is 2.19. The Bertz CT molecular complexity index is 1630. The van der Waals surface area contributed by atoms with Crippen molar-refractivity contribution < 1.29 is 28.5 Å². The van der Waals surface area contributed by atoms with Crippen LogP contribution in [-0.2, 0) is 23.7 Å². The maximum atomic E-state index is 11.9. The predicted molar refractivity (Wildman–Crippen MR) is 210 cm³/mol. The van der Waals surface area contributed by atoms with Crippen molar-refractivity contribution in [1.82, 2.24) is 35.7 Å². The number of carbonyl (C=O) groups is 2. The van der Waals surface area contributed by atoms with Crippen molar-refractivity contribution in [2.24, 2.45) is 5.73 Å². The van der Waals surface area contributed by atoms with Crippen LogP contribution in [0.25, 0.3) is 22.2 Å². The highest BCUT2D eigenvalue weighted by atomic mass is 35.5. The van der Waals surface area contributed by atoms with Crippen molar-refractivity contribution in [3.63, 3.8) is 0 Å². The van der Waals surface area contributed by atoms with E-state index in [-0.39, 0.29) is 23.8 Å². The number of carbonyl (C=O) groups excluding carboxylic acids is 2. The average Bonchev–Trinajstić information content (AvgIpc) is 3.14. The molecule has 3 amide bonds. The van der Waals surface area contributed by atoms with Gasteiger partial charge in [0.15, 0.2) is 5.96 Å². The van der Waals surface area contributed by atoms with Crippen LogP contribution in [0.2, 0.25) is 5.02 Å². The monoisotopic (exact) mass is 771 g/mol. The maximum absolute atomic E-state index is 11.9. The summed E-state index contributed by atoms with van der Waals surface area (Å²) in [6, 6.07) is 13.4. The van der Waals surface area contributed by atoms with E-state index in [1.54, 1.807) is 11.0 Å². The van der Waals surface area contributed by atoms with Gasteiger partial charge in [0.25, 0.3) is 0 Å². The lowest BCUT2D eigenvalue weighted by molar-refractivity contribution is -0.121. The van der Waals surface area contributed by atoms with Gasteiger partial charge in [-0.3, -0.25) is 20.4 Å². The lowest BCUT2D eigenvalue weighted by Gasteiger charge is -2.36. The minimum Gasteiger partial charge on any atom is -0.378 e. The number of aromatic nitrogens is 2. The zero-order valence-corrected chi connectivity index (χ0v) is 32.0. The Morgan fingerprint density at radius 3 is 2.09 bits per heavy atom. The van der Waals surface area contributed by atoms with E-state index in [2.05, 4.69) is 53.2 Å². The zero-order chi connectivity index (χ0) is 38.5. The van der Waals surface area contributed by atoms with Crippen LogP contribution < -0.4 is 31.9 Å². The molecule has 0 saturated carbocycles. The quantitative estimate of drug-likeness (QED) is 0.0459. The molecule has 1 aliphatic heterocycles. The van der Waals surface area contributed by atoms with E-state index in [9.17, 15) is 9.59 Å². The normalized spacial score (nSPS) is 13.3. The largest absolute Gasteiger partial charge is 0.378 e. The Morgan fingerprint density at radius 2 is 1.46 bits per heavy atom. The van der Waals surface area contributed by atoms with Gasteiger partial charge in [0.1, 0.15) is 0 Å². The summed E-state index contributed by atoms with van der Waals surface area (Å²) in [5.41, 5.74) is 8.99. The summed E-state index contributed by atoms with van der Waals surface area (Å²) < 4.78 is 22.2. The topological polar surface area (TPSA) is 205 Å². The fourth-order valence-corrected chi connectivity index (χ4v) is 5.73. The molecule has 4 rings (SSSR count). The van der Waals surface area contributed by atoms with Gasteiger partial charge in [0.05, 0.1) is 70.6 Å². The van der Waals surface area contributed by atoms with Crippen molar-refractivity contribution in [1.29, 1.82) is 5.41 Å². The first kappa shape index (κ1) is 42.4. The number of nitrogens with zero attached hydrogens (tertiary/aromatic N) is 5. The second kappa shape index (κ2) is 23.4. The number of piperazine rings is 1. The van der Waals surface area contributed by atoms with Gasteiger partial charge in [0.2, 0.25) is 11.9 Å². The Morgan fingerprint density at radius 1 is 0.833 bits per heavy atom. The SMILES string of the molecule is CN(C)CC(=O)NCCOCCOCCNC(=O)NCCOCCOCCN1CCN(c2cccc(-c3nc(NC(=N)N)nc4ccc(Cl)cc34)c2)CC1. The summed E-state index contributed by atoms with van der Waals surface area (Å²) in [7, 11) is 3.68. The van der Waals surface area contributed by atoms with Gasteiger partial charge in [-0.2, -0.15) is 0 Å². The molecule has 18 heteroatoms. The van der Waals surface area contributed by atoms with E-state index in [0.29, 0.717) is 95.3 Å². The number of rotatable bonds is 23. The van der Waals surface area contributed by atoms with Crippen molar-refractivity contribution in [2.45, 2.75) is 0 Å². The van der Waals surface area contributed by atoms with E-state index in [4.69, 9.17) is 41.7 Å². The molecule has 296 valence electrons. The van der Waals surface area contributed by atoms with Crippen LogP contribution in [0.15, 0.2) is 42.5 Å². The predicted octanol–water partition coefficient (Wildman–Crippen LogP) is 1.42. The average molecular weight is 772 g/mol. The third kappa shape index (κ3) is 15.5. The Hall–Kier alpha value is -4.36. The van der Waals surface area contributed by atoms with E-state index < -0.39 is 0 Å². The van der Waals surface area contributed by atoms with Crippen molar-refractivity contribution in [3.8, 4) is 11.3 Å². The molecule has 0 atom stereocenters. The third-order valence-corrected chi connectivity index (χ3v) is 8.38. The van der Waals surface area contributed by atoms with Crippen LogP contribution in [0, 0.1) is 5.41 Å². The van der Waals surface area contributed by atoms with Crippen molar-refractivity contribution >= 4 is 52.0 Å². The maximum Gasteiger partial charge on any atom is 0.314 e. The third-order valence-electron chi connectivity index (χ3n) is 8.15. The Labute approximate surface area is 321 Å². The molecular formula is C36H54ClN11O6. The van der Waals surface area contributed by atoms with Gasteiger partial charge in [-0.25, -0.2) is 14.8 Å². The molecule has 2 aromatic carbocycles. The van der Waals surface area contributed by atoms with Gasteiger partial charge >= 0.3 is 6.03 Å². The van der Waals surface area contributed by atoms with Gasteiger partial charge in [-0.05, 0) is 44.4 Å². The lowest BCUT2D eigenvalue weighted by Crippen LogP contribution is -2.47.